The predicted molar refractivity (Wildman–Crippen MR) is 106 cm³/mol. The molecule has 0 saturated heterocycles. The van der Waals surface area contributed by atoms with Crippen LogP contribution in [0.15, 0.2) is 67.0 Å². The first-order valence-corrected chi connectivity index (χ1v) is 10.6. The van der Waals surface area contributed by atoms with Crippen molar-refractivity contribution < 1.29 is 17.6 Å². The van der Waals surface area contributed by atoms with E-state index in [0.717, 1.165) is 11.6 Å². The lowest BCUT2D eigenvalue weighted by Gasteiger charge is -2.09. The summed E-state index contributed by atoms with van der Waals surface area (Å²) in [6.07, 6.45) is 4.19. The third-order valence-corrected chi connectivity index (χ3v) is 5.71. The van der Waals surface area contributed by atoms with Crippen molar-refractivity contribution in [1.82, 2.24) is 9.78 Å². The van der Waals surface area contributed by atoms with Crippen molar-refractivity contribution in [3.05, 3.63) is 78.4 Å². The zero-order valence-electron chi connectivity index (χ0n) is 15.1. The molecule has 6 nitrogen and oxygen atoms in total. The summed E-state index contributed by atoms with van der Waals surface area (Å²) in [5.74, 6) is -1.98. The Morgan fingerprint density at radius 3 is 2.57 bits per heavy atom. The lowest BCUT2D eigenvalue weighted by atomic mass is 10.1. The summed E-state index contributed by atoms with van der Waals surface area (Å²) in [7, 11) is -3.54. The van der Waals surface area contributed by atoms with Gasteiger partial charge in [0.1, 0.15) is 11.4 Å². The van der Waals surface area contributed by atoms with Gasteiger partial charge in [0, 0.05) is 18.1 Å². The molecule has 0 bridgehead atoms. The zero-order valence-corrected chi connectivity index (χ0v) is 15.9. The highest BCUT2D eigenvalue weighted by atomic mass is 32.2. The number of aromatic nitrogens is 2. The molecular weight excluding hydrogens is 381 g/mol. The molecule has 0 aliphatic heterocycles. The number of carbonyl (C=O) groups excluding carboxylic acids is 1. The molecule has 8 heteroatoms. The first kappa shape index (κ1) is 19.8. The molecular formula is C20H20FN3O3S. The van der Waals surface area contributed by atoms with Gasteiger partial charge in [-0.3, -0.25) is 4.79 Å². The van der Waals surface area contributed by atoms with E-state index in [1.54, 1.807) is 12.3 Å². The summed E-state index contributed by atoms with van der Waals surface area (Å²) in [5.41, 5.74) is 1.48. The molecule has 0 spiro atoms. The number of anilines is 1. The Bertz CT molecular complexity index is 1040. The molecule has 1 N–H and O–H groups in total. The van der Waals surface area contributed by atoms with E-state index in [-0.39, 0.29) is 17.1 Å². The van der Waals surface area contributed by atoms with E-state index in [0.29, 0.717) is 12.8 Å². The summed E-state index contributed by atoms with van der Waals surface area (Å²) in [5, 5.41) is 6.38. The Labute approximate surface area is 162 Å². The molecule has 3 aromatic rings. The number of hydrogen-bond donors (Lipinski definition) is 1. The third kappa shape index (κ3) is 5.50. The van der Waals surface area contributed by atoms with Crippen molar-refractivity contribution >= 4 is 21.4 Å². The van der Waals surface area contributed by atoms with Gasteiger partial charge in [-0.1, -0.05) is 30.3 Å². The van der Waals surface area contributed by atoms with Gasteiger partial charge in [0.05, 0.1) is 5.75 Å². The molecule has 1 heterocycles. The Morgan fingerprint density at radius 2 is 1.89 bits per heavy atom. The first-order valence-electron chi connectivity index (χ1n) is 8.77. The van der Waals surface area contributed by atoms with Gasteiger partial charge in [0.2, 0.25) is 5.91 Å². The van der Waals surface area contributed by atoms with E-state index in [4.69, 9.17) is 0 Å². The fraction of sp³-hybridized carbons (Fsp3) is 0.200. The first-order chi connectivity index (χ1) is 13.4. The predicted octanol–water partition coefficient (Wildman–Crippen LogP) is 3.00. The summed E-state index contributed by atoms with van der Waals surface area (Å²) >= 11 is 0. The van der Waals surface area contributed by atoms with Crippen molar-refractivity contribution in [2.24, 2.45) is 0 Å². The minimum atomic E-state index is -3.54. The average molecular weight is 401 g/mol. The molecule has 1 aromatic heterocycles. The molecule has 0 aliphatic rings. The van der Waals surface area contributed by atoms with Crippen molar-refractivity contribution in [3.63, 3.8) is 0 Å². The van der Waals surface area contributed by atoms with Gasteiger partial charge in [-0.15, -0.1) is 0 Å². The number of aryl methyl sites for hydroxylation is 1. The van der Waals surface area contributed by atoms with Crippen LogP contribution in [0.5, 0.6) is 0 Å². The second-order valence-electron chi connectivity index (χ2n) is 6.35. The molecule has 3 rings (SSSR count). The van der Waals surface area contributed by atoms with E-state index in [1.165, 1.54) is 23.0 Å². The molecule has 0 atom stereocenters. The number of nitrogens with one attached hydrogen (secondary N) is 1. The van der Waals surface area contributed by atoms with Gasteiger partial charge < -0.3 is 5.32 Å². The van der Waals surface area contributed by atoms with Crippen LogP contribution in [-0.2, 0) is 21.1 Å². The highest BCUT2D eigenvalue weighted by molar-refractivity contribution is 7.92. The second kappa shape index (κ2) is 8.79. The van der Waals surface area contributed by atoms with E-state index >= 15 is 0 Å². The quantitative estimate of drug-likeness (QED) is 0.629. The highest BCUT2D eigenvalue weighted by Gasteiger charge is 2.17. The fourth-order valence-electron chi connectivity index (χ4n) is 2.79. The molecule has 28 heavy (non-hydrogen) atoms. The van der Waals surface area contributed by atoms with Crippen molar-refractivity contribution in [1.29, 1.82) is 0 Å². The molecule has 2 aromatic carbocycles. The lowest BCUT2D eigenvalue weighted by molar-refractivity contribution is -0.113. The number of benzene rings is 2. The SMILES string of the molecule is O=C(CS(=O)(=O)CCCc1ccccc1)Nc1ccc(-n2cccn2)c(F)c1. The van der Waals surface area contributed by atoms with Crippen LogP contribution in [0.4, 0.5) is 10.1 Å². The largest absolute Gasteiger partial charge is 0.325 e. The van der Waals surface area contributed by atoms with Crippen LogP contribution in [0.1, 0.15) is 12.0 Å². The number of halogens is 1. The smallest absolute Gasteiger partial charge is 0.239 e. The Morgan fingerprint density at radius 1 is 1.11 bits per heavy atom. The molecule has 0 aliphatic carbocycles. The minimum Gasteiger partial charge on any atom is -0.325 e. The molecule has 146 valence electrons. The molecule has 0 radical (unpaired) electrons. The van der Waals surface area contributed by atoms with E-state index < -0.39 is 27.3 Å². The van der Waals surface area contributed by atoms with Crippen LogP contribution in [-0.4, -0.2) is 35.6 Å². The topological polar surface area (TPSA) is 81.1 Å². The fourth-order valence-corrected chi connectivity index (χ4v) is 3.99. The van der Waals surface area contributed by atoms with Gasteiger partial charge in [-0.25, -0.2) is 17.5 Å². The summed E-state index contributed by atoms with van der Waals surface area (Å²) in [6.45, 7) is 0. The van der Waals surface area contributed by atoms with Gasteiger partial charge in [0.25, 0.3) is 0 Å². The minimum absolute atomic E-state index is 0.0814. The van der Waals surface area contributed by atoms with Crippen LogP contribution in [0.25, 0.3) is 5.69 Å². The van der Waals surface area contributed by atoms with E-state index in [9.17, 15) is 17.6 Å². The van der Waals surface area contributed by atoms with Gasteiger partial charge >= 0.3 is 0 Å². The lowest BCUT2D eigenvalue weighted by Crippen LogP contribution is -2.25. The van der Waals surface area contributed by atoms with Crippen LogP contribution in [0, 0.1) is 5.82 Å². The monoisotopic (exact) mass is 401 g/mol. The molecule has 0 unspecified atom stereocenters. The molecule has 0 fully saturated rings. The number of hydrogen-bond acceptors (Lipinski definition) is 4. The van der Waals surface area contributed by atoms with E-state index in [1.807, 2.05) is 30.3 Å². The Balaban J connectivity index is 1.53. The Hall–Kier alpha value is -3.00. The molecule has 0 saturated carbocycles. The van der Waals surface area contributed by atoms with Crippen LogP contribution < -0.4 is 5.32 Å². The number of carbonyl (C=O) groups is 1. The van der Waals surface area contributed by atoms with Crippen LogP contribution in [0.3, 0.4) is 0 Å². The summed E-state index contributed by atoms with van der Waals surface area (Å²) in [4.78, 5) is 12.1. The Kier molecular flexibility index (Phi) is 6.20. The van der Waals surface area contributed by atoms with Gasteiger partial charge in [0.15, 0.2) is 15.7 Å². The zero-order chi connectivity index (χ0) is 20.0. The highest BCUT2D eigenvalue weighted by Crippen LogP contribution is 2.17. The van der Waals surface area contributed by atoms with Crippen molar-refractivity contribution in [2.75, 3.05) is 16.8 Å². The third-order valence-electron chi connectivity index (χ3n) is 4.10. The number of rotatable bonds is 8. The van der Waals surface area contributed by atoms with Crippen LogP contribution >= 0.6 is 0 Å². The van der Waals surface area contributed by atoms with Crippen molar-refractivity contribution in [2.45, 2.75) is 12.8 Å². The number of sulfone groups is 1. The maximum Gasteiger partial charge on any atom is 0.239 e. The van der Waals surface area contributed by atoms with E-state index in [2.05, 4.69) is 10.4 Å². The summed E-state index contributed by atoms with van der Waals surface area (Å²) < 4.78 is 39.9. The normalized spacial score (nSPS) is 11.3. The summed E-state index contributed by atoms with van der Waals surface area (Å²) in [6, 6.07) is 15.3. The maximum atomic E-state index is 14.2. The van der Waals surface area contributed by atoms with Gasteiger partial charge in [-0.05, 0) is 42.7 Å². The van der Waals surface area contributed by atoms with Crippen molar-refractivity contribution in [3.8, 4) is 5.69 Å². The second-order valence-corrected chi connectivity index (χ2v) is 8.53. The molecule has 1 amide bonds. The van der Waals surface area contributed by atoms with Crippen LogP contribution in [0.2, 0.25) is 0 Å². The van der Waals surface area contributed by atoms with Gasteiger partial charge in [-0.2, -0.15) is 5.10 Å². The maximum absolute atomic E-state index is 14.2. The number of nitrogens with zero attached hydrogens (tertiary/aromatic N) is 2. The number of amides is 1. The standard InChI is InChI=1S/C20H20FN3O3S/c21-18-14-17(9-10-19(18)24-12-5-11-22-24)23-20(25)15-28(26,27)13-4-8-16-6-2-1-3-7-16/h1-3,5-7,9-12,14H,4,8,13,15H2,(H,23,25). The average Bonchev–Trinajstić information content (AvgIpc) is 3.16.